The van der Waals surface area contributed by atoms with Gasteiger partial charge in [0.25, 0.3) is 0 Å². The summed E-state index contributed by atoms with van der Waals surface area (Å²) in [5, 5.41) is 4.15. The van der Waals surface area contributed by atoms with Crippen LogP contribution in [0.5, 0.6) is 0 Å². The maximum atomic E-state index is 12.4. The quantitative estimate of drug-likeness (QED) is 0.543. The lowest BCUT2D eigenvalue weighted by atomic mass is 10.2. The van der Waals surface area contributed by atoms with E-state index in [1.54, 1.807) is 24.3 Å². The highest BCUT2D eigenvalue weighted by atomic mass is 32.2. The van der Waals surface area contributed by atoms with E-state index in [1.165, 1.54) is 18.1 Å². The second-order valence-corrected chi connectivity index (χ2v) is 6.72. The first-order valence-corrected chi connectivity index (χ1v) is 8.49. The number of fused-ring (bicyclic) bond motifs is 1. The van der Waals surface area contributed by atoms with Crippen LogP contribution in [0.4, 0.5) is 5.69 Å². The summed E-state index contributed by atoms with van der Waals surface area (Å²) in [6.07, 6.45) is 1.50. The first-order chi connectivity index (χ1) is 12.0. The fourth-order valence-electron chi connectivity index (χ4n) is 2.26. The van der Waals surface area contributed by atoms with E-state index in [0.717, 1.165) is 15.9 Å². The molecule has 1 aromatic heterocycles. The molecule has 6 nitrogen and oxygen atoms in total. The van der Waals surface area contributed by atoms with Gasteiger partial charge in [0.2, 0.25) is 11.8 Å². The number of carbonyl (C=O) groups excluding carboxylic acids is 2. The predicted molar refractivity (Wildman–Crippen MR) is 98.4 cm³/mol. The van der Waals surface area contributed by atoms with Gasteiger partial charge in [0.15, 0.2) is 0 Å². The van der Waals surface area contributed by atoms with Gasteiger partial charge in [0.05, 0.1) is 10.8 Å². The molecule has 126 valence electrons. The molecule has 0 aliphatic rings. The number of anilines is 1. The number of hydrogen-bond acceptors (Lipinski definition) is 5. The van der Waals surface area contributed by atoms with Crippen LogP contribution in [0.1, 0.15) is 17.3 Å². The molecule has 0 aliphatic heterocycles. The maximum Gasteiger partial charge on any atom is 0.248 e. The molecule has 25 heavy (non-hydrogen) atoms. The lowest BCUT2D eigenvalue weighted by Crippen LogP contribution is -2.22. The standard InChI is InChI=1S/C18H16N4O2S/c1-11(17(24)22-13-8-6-12(7-9-13)16(19)23)25-18-14-4-2-3-5-15(14)20-10-21-18/h2-11H,1H3,(H2,19,23)(H,22,24)/t11-/m1/s1. The van der Waals surface area contributed by atoms with E-state index >= 15 is 0 Å². The fraction of sp³-hybridized carbons (Fsp3) is 0.111. The van der Waals surface area contributed by atoms with Gasteiger partial charge >= 0.3 is 0 Å². The molecule has 2 amide bonds. The highest BCUT2D eigenvalue weighted by Crippen LogP contribution is 2.28. The SMILES string of the molecule is C[C@@H](Sc1ncnc2ccccc12)C(=O)Nc1ccc(C(N)=O)cc1. The molecule has 3 N–H and O–H groups in total. The minimum Gasteiger partial charge on any atom is -0.366 e. The van der Waals surface area contributed by atoms with Crippen LogP contribution in [0.15, 0.2) is 59.9 Å². The van der Waals surface area contributed by atoms with Gasteiger partial charge in [-0.05, 0) is 37.3 Å². The summed E-state index contributed by atoms with van der Waals surface area (Å²) in [6.45, 7) is 1.81. The van der Waals surface area contributed by atoms with Crippen molar-refractivity contribution in [1.29, 1.82) is 0 Å². The van der Waals surface area contributed by atoms with Crippen LogP contribution in [0.25, 0.3) is 10.9 Å². The van der Waals surface area contributed by atoms with Crippen LogP contribution < -0.4 is 11.1 Å². The van der Waals surface area contributed by atoms with E-state index in [-0.39, 0.29) is 11.2 Å². The molecule has 1 heterocycles. The number of carbonyl (C=O) groups is 2. The third-order valence-electron chi connectivity index (χ3n) is 3.60. The number of nitrogens with zero attached hydrogens (tertiary/aromatic N) is 2. The molecular weight excluding hydrogens is 336 g/mol. The molecule has 3 rings (SSSR count). The predicted octanol–water partition coefficient (Wildman–Crippen LogP) is 2.85. The van der Waals surface area contributed by atoms with Gasteiger partial charge in [-0.2, -0.15) is 0 Å². The Kier molecular flexibility index (Phi) is 4.95. The second-order valence-electron chi connectivity index (χ2n) is 5.39. The van der Waals surface area contributed by atoms with Crippen LogP contribution >= 0.6 is 11.8 Å². The van der Waals surface area contributed by atoms with Crippen molar-refractivity contribution in [3.63, 3.8) is 0 Å². The highest BCUT2D eigenvalue weighted by Gasteiger charge is 2.17. The molecule has 0 saturated carbocycles. The fourth-order valence-corrected chi connectivity index (χ4v) is 3.17. The number of nitrogens with two attached hydrogens (primary N) is 1. The van der Waals surface area contributed by atoms with Gasteiger partial charge in [-0.1, -0.05) is 30.0 Å². The molecule has 0 aliphatic carbocycles. The van der Waals surface area contributed by atoms with E-state index < -0.39 is 5.91 Å². The molecule has 0 saturated heterocycles. The van der Waals surface area contributed by atoms with Crippen molar-refractivity contribution >= 4 is 40.2 Å². The number of benzene rings is 2. The second kappa shape index (κ2) is 7.31. The van der Waals surface area contributed by atoms with Crippen molar-refractivity contribution in [1.82, 2.24) is 9.97 Å². The van der Waals surface area contributed by atoms with Crippen LogP contribution in [-0.2, 0) is 4.79 Å². The largest absolute Gasteiger partial charge is 0.366 e. The molecule has 2 aromatic carbocycles. The Bertz CT molecular complexity index is 923. The first-order valence-electron chi connectivity index (χ1n) is 7.62. The van der Waals surface area contributed by atoms with Crippen LogP contribution in [0, 0.1) is 0 Å². The van der Waals surface area contributed by atoms with Crippen LogP contribution in [-0.4, -0.2) is 27.0 Å². The van der Waals surface area contributed by atoms with Crippen molar-refractivity contribution in [2.75, 3.05) is 5.32 Å². The van der Waals surface area contributed by atoms with Crippen LogP contribution in [0.2, 0.25) is 0 Å². The summed E-state index contributed by atoms with van der Waals surface area (Å²) in [5.74, 6) is -0.656. The maximum absolute atomic E-state index is 12.4. The molecule has 1 atom stereocenters. The number of hydrogen-bond donors (Lipinski definition) is 2. The van der Waals surface area contributed by atoms with Crippen molar-refractivity contribution in [2.45, 2.75) is 17.2 Å². The minimum absolute atomic E-state index is 0.153. The van der Waals surface area contributed by atoms with Crippen molar-refractivity contribution in [2.24, 2.45) is 5.73 Å². The van der Waals surface area contributed by atoms with Gasteiger partial charge in [0.1, 0.15) is 11.4 Å². The zero-order valence-corrected chi connectivity index (χ0v) is 14.3. The van der Waals surface area contributed by atoms with E-state index in [4.69, 9.17) is 5.73 Å². The zero-order valence-electron chi connectivity index (χ0n) is 13.5. The number of para-hydroxylation sites is 1. The third kappa shape index (κ3) is 3.95. The summed E-state index contributed by atoms with van der Waals surface area (Å²) < 4.78 is 0. The molecule has 3 aromatic rings. The summed E-state index contributed by atoms with van der Waals surface area (Å²) in [7, 11) is 0. The normalized spacial score (nSPS) is 11.9. The Morgan fingerprint density at radius 3 is 2.52 bits per heavy atom. The van der Waals surface area contributed by atoms with E-state index in [1.807, 2.05) is 31.2 Å². The first kappa shape index (κ1) is 16.9. The Hall–Kier alpha value is -2.93. The number of thioether (sulfide) groups is 1. The molecule has 0 fully saturated rings. The lowest BCUT2D eigenvalue weighted by Gasteiger charge is -2.12. The van der Waals surface area contributed by atoms with Crippen molar-refractivity contribution < 1.29 is 9.59 Å². The summed E-state index contributed by atoms with van der Waals surface area (Å²) in [6, 6.07) is 14.1. The summed E-state index contributed by atoms with van der Waals surface area (Å²) in [4.78, 5) is 32.0. The average Bonchev–Trinajstić information content (AvgIpc) is 2.62. The van der Waals surface area contributed by atoms with E-state index in [9.17, 15) is 9.59 Å². The number of nitrogens with one attached hydrogen (secondary N) is 1. The van der Waals surface area contributed by atoms with Crippen molar-refractivity contribution in [3.8, 4) is 0 Å². The molecule has 0 radical (unpaired) electrons. The summed E-state index contributed by atoms with van der Waals surface area (Å²) in [5.41, 5.74) is 7.05. The Balaban J connectivity index is 1.71. The van der Waals surface area contributed by atoms with Gasteiger partial charge < -0.3 is 11.1 Å². The summed E-state index contributed by atoms with van der Waals surface area (Å²) >= 11 is 1.37. The molecule has 0 bridgehead atoms. The van der Waals surface area contributed by atoms with Gasteiger partial charge in [-0.3, -0.25) is 9.59 Å². The minimum atomic E-state index is -0.502. The Labute approximate surface area is 148 Å². The Morgan fingerprint density at radius 1 is 1.08 bits per heavy atom. The third-order valence-corrected chi connectivity index (χ3v) is 4.72. The monoisotopic (exact) mass is 352 g/mol. The number of amides is 2. The average molecular weight is 352 g/mol. The van der Waals surface area contributed by atoms with Gasteiger partial charge in [-0.15, -0.1) is 0 Å². The number of primary amides is 1. The Morgan fingerprint density at radius 2 is 1.80 bits per heavy atom. The van der Waals surface area contributed by atoms with E-state index in [0.29, 0.717) is 11.3 Å². The van der Waals surface area contributed by atoms with Crippen LogP contribution in [0.3, 0.4) is 0 Å². The molecule has 0 spiro atoms. The van der Waals surface area contributed by atoms with Gasteiger partial charge in [-0.25, -0.2) is 9.97 Å². The number of aromatic nitrogens is 2. The number of rotatable bonds is 5. The van der Waals surface area contributed by atoms with Crippen molar-refractivity contribution in [3.05, 3.63) is 60.4 Å². The molecular formula is C18H16N4O2S. The molecule has 7 heteroatoms. The smallest absolute Gasteiger partial charge is 0.248 e. The van der Waals surface area contributed by atoms with Gasteiger partial charge in [0, 0.05) is 16.6 Å². The zero-order chi connectivity index (χ0) is 17.8. The topological polar surface area (TPSA) is 98.0 Å². The lowest BCUT2D eigenvalue weighted by molar-refractivity contribution is -0.115. The molecule has 0 unspecified atom stereocenters. The van der Waals surface area contributed by atoms with E-state index in [2.05, 4.69) is 15.3 Å². The highest BCUT2D eigenvalue weighted by molar-refractivity contribution is 8.00.